The molecule has 0 atom stereocenters. The molecule has 0 aliphatic carbocycles. The number of nitrogens with zero attached hydrogens (tertiary/aromatic N) is 2. The van der Waals surface area contributed by atoms with Crippen LogP contribution in [0.4, 0.5) is 0 Å². The van der Waals surface area contributed by atoms with E-state index in [4.69, 9.17) is 4.74 Å². The standard InChI is InChI=1S/C20H20N4O3/c1-3-13-7-9-14(10-8-13)16-11-17(23-22-16)20(26)24-21-12-15-5-4-6-18(27-2)19(15)25/h4-12,25H,3H2,1-2H3,(H,22,23)(H,24,26)/b21-12+. The first-order valence-electron chi connectivity index (χ1n) is 8.46. The number of amides is 1. The Kier molecular flexibility index (Phi) is 5.51. The molecule has 27 heavy (non-hydrogen) atoms. The first-order valence-corrected chi connectivity index (χ1v) is 8.46. The summed E-state index contributed by atoms with van der Waals surface area (Å²) in [5.41, 5.74) is 5.96. The second-order valence-corrected chi connectivity index (χ2v) is 5.81. The fraction of sp³-hybridized carbons (Fsp3) is 0.150. The number of aromatic amines is 1. The summed E-state index contributed by atoms with van der Waals surface area (Å²) in [4.78, 5) is 12.2. The number of aromatic nitrogens is 2. The van der Waals surface area contributed by atoms with Gasteiger partial charge in [0, 0.05) is 11.1 Å². The molecular weight excluding hydrogens is 344 g/mol. The van der Waals surface area contributed by atoms with Crippen LogP contribution in [0.5, 0.6) is 11.5 Å². The lowest BCUT2D eigenvalue weighted by Crippen LogP contribution is -2.18. The van der Waals surface area contributed by atoms with Crippen LogP contribution in [-0.4, -0.2) is 34.5 Å². The molecule has 7 nitrogen and oxygen atoms in total. The van der Waals surface area contributed by atoms with Gasteiger partial charge >= 0.3 is 0 Å². The normalized spacial score (nSPS) is 10.9. The van der Waals surface area contributed by atoms with Gasteiger partial charge in [0.25, 0.3) is 5.91 Å². The molecule has 138 valence electrons. The molecule has 0 aliphatic heterocycles. The number of para-hydroxylation sites is 1. The number of rotatable bonds is 6. The van der Waals surface area contributed by atoms with Crippen molar-refractivity contribution >= 4 is 12.1 Å². The molecule has 2 aromatic carbocycles. The quantitative estimate of drug-likeness (QED) is 0.462. The van der Waals surface area contributed by atoms with E-state index in [-0.39, 0.29) is 11.4 Å². The molecule has 3 aromatic rings. The maximum absolute atomic E-state index is 12.2. The minimum absolute atomic E-state index is 0.0441. The summed E-state index contributed by atoms with van der Waals surface area (Å²) in [5.74, 6) is -0.146. The molecule has 0 spiro atoms. The Hall–Kier alpha value is -3.61. The van der Waals surface area contributed by atoms with Gasteiger partial charge in [0.1, 0.15) is 5.69 Å². The summed E-state index contributed by atoms with van der Waals surface area (Å²) in [6.45, 7) is 2.10. The van der Waals surface area contributed by atoms with Crippen molar-refractivity contribution in [3.63, 3.8) is 0 Å². The predicted octanol–water partition coefficient (Wildman–Crippen LogP) is 3.12. The van der Waals surface area contributed by atoms with Crippen LogP contribution in [0.3, 0.4) is 0 Å². The van der Waals surface area contributed by atoms with Crippen molar-refractivity contribution in [2.45, 2.75) is 13.3 Å². The lowest BCUT2D eigenvalue weighted by atomic mass is 10.1. The highest BCUT2D eigenvalue weighted by Gasteiger charge is 2.11. The molecule has 3 rings (SSSR count). The Morgan fingerprint density at radius 3 is 2.78 bits per heavy atom. The van der Waals surface area contributed by atoms with Crippen LogP contribution in [0.1, 0.15) is 28.5 Å². The van der Waals surface area contributed by atoms with E-state index in [0.29, 0.717) is 17.0 Å². The number of aryl methyl sites for hydroxylation is 1. The first kappa shape index (κ1) is 18.2. The third kappa shape index (κ3) is 4.14. The number of hydrazone groups is 1. The maximum Gasteiger partial charge on any atom is 0.289 e. The number of aromatic hydroxyl groups is 1. The third-order valence-corrected chi connectivity index (χ3v) is 4.10. The second kappa shape index (κ2) is 8.18. The molecule has 0 saturated carbocycles. The molecule has 0 bridgehead atoms. The number of H-pyrrole nitrogens is 1. The Morgan fingerprint density at radius 1 is 1.30 bits per heavy atom. The van der Waals surface area contributed by atoms with E-state index in [9.17, 15) is 9.90 Å². The van der Waals surface area contributed by atoms with E-state index in [1.54, 1.807) is 24.3 Å². The zero-order valence-electron chi connectivity index (χ0n) is 15.1. The minimum Gasteiger partial charge on any atom is -0.504 e. The number of ether oxygens (including phenoxy) is 1. The first-order chi connectivity index (χ1) is 13.1. The number of phenolic OH excluding ortho intramolecular Hbond substituents is 1. The summed E-state index contributed by atoms with van der Waals surface area (Å²) in [7, 11) is 1.46. The van der Waals surface area contributed by atoms with Crippen molar-refractivity contribution in [2.75, 3.05) is 7.11 Å². The summed E-state index contributed by atoms with van der Waals surface area (Å²) >= 11 is 0. The average Bonchev–Trinajstić information content (AvgIpc) is 3.19. The van der Waals surface area contributed by atoms with E-state index in [2.05, 4.69) is 27.6 Å². The van der Waals surface area contributed by atoms with Gasteiger partial charge in [0.2, 0.25) is 0 Å². The van der Waals surface area contributed by atoms with Crippen molar-refractivity contribution in [1.29, 1.82) is 0 Å². The average molecular weight is 364 g/mol. The number of carbonyl (C=O) groups is 1. The van der Waals surface area contributed by atoms with E-state index in [1.807, 2.05) is 24.3 Å². The Morgan fingerprint density at radius 2 is 2.07 bits per heavy atom. The minimum atomic E-state index is -0.433. The molecule has 1 amide bonds. The van der Waals surface area contributed by atoms with Crippen molar-refractivity contribution in [3.8, 4) is 22.8 Å². The highest BCUT2D eigenvalue weighted by atomic mass is 16.5. The number of hydrogen-bond donors (Lipinski definition) is 3. The Balaban J connectivity index is 1.67. The molecule has 0 fully saturated rings. The van der Waals surface area contributed by atoms with Crippen LogP contribution in [-0.2, 0) is 6.42 Å². The summed E-state index contributed by atoms with van der Waals surface area (Å²) < 4.78 is 5.03. The highest BCUT2D eigenvalue weighted by Crippen LogP contribution is 2.27. The Bertz CT molecular complexity index is 962. The second-order valence-electron chi connectivity index (χ2n) is 5.81. The zero-order chi connectivity index (χ0) is 19.2. The van der Waals surface area contributed by atoms with Crippen LogP contribution in [0.15, 0.2) is 53.6 Å². The fourth-order valence-electron chi connectivity index (χ4n) is 2.53. The van der Waals surface area contributed by atoms with Crippen LogP contribution in [0, 0.1) is 0 Å². The molecule has 0 unspecified atom stereocenters. The van der Waals surface area contributed by atoms with Gasteiger partial charge in [0.15, 0.2) is 11.5 Å². The van der Waals surface area contributed by atoms with Crippen LogP contribution < -0.4 is 10.2 Å². The molecule has 0 saturated heterocycles. The maximum atomic E-state index is 12.2. The molecule has 3 N–H and O–H groups in total. The van der Waals surface area contributed by atoms with Crippen molar-refractivity contribution in [3.05, 3.63) is 65.4 Å². The van der Waals surface area contributed by atoms with Crippen molar-refractivity contribution in [1.82, 2.24) is 15.6 Å². The monoisotopic (exact) mass is 364 g/mol. The topological polar surface area (TPSA) is 99.6 Å². The van der Waals surface area contributed by atoms with Gasteiger partial charge in [-0.05, 0) is 30.2 Å². The number of hydrogen-bond acceptors (Lipinski definition) is 5. The van der Waals surface area contributed by atoms with Gasteiger partial charge in [0.05, 0.1) is 19.0 Å². The molecule has 0 aliphatic rings. The summed E-state index contributed by atoms with van der Waals surface area (Å²) in [6, 6.07) is 14.7. The largest absolute Gasteiger partial charge is 0.504 e. The predicted molar refractivity (Wildman–Crippen MR) is 103 cm³/mol. The number of benzene rings is 2. The van der Waals surface area contributed by atoms with E-state index in [0.717, 1.165) is 12.0 Å². The van der Waals surface area contributed by atoms with Gasteiger partial charge in [-0.3, -0.25) is 9.89 Å². The number of nitrogens with one attached hydrogen (secondary N) is 2. The summed E-state index contributed by atoms with van der Waals surface area (Å²) in [5, 5.41) is 20.7. The number of phenols is 1. The van der Waals surface area contributed by atoms with Gasteiger partial charge in [-0.2, -0.15) is 10.2 Å². The van der Waals surface area contributed by atoms with E-state index >= 15 is 0 Å². The van der Waals surface area contributed by atoms with Gasteiger partial charge in [-0.15, -0.1) is 0 Å². The Labute approximate surface area is 156 Å². The van der Waals surface area contributed by atoms with E-state index in [1.165, 1.54) is 18.9 Å². The lowest BCUT2D eigenvalue weighted by molar-refractivity contribution is 0.0950. The van der Waals surface area contributed by atoms with Crippen LogP contribution >= 0.6 is 0 Å². The van der Waals surface area contributed by atoms with E-state index < -0.39 is 5.91 Å². The third-order valence-electron chi connectivity index (χ3n) is 4.10. The molecule has 0 radical (unpaired) electrons. The van der Waals surface area contributed by atoms with Crippen molar-refractivity contribution in [2.24, 2.45) is 5.10 Å². The SMILES string of the molecule is CCc1ccc(-c2cc(C(=O)N/N=C/c3cccc(OC)c3O)[nH]n2)cc1. The number of carbonyl (C=O) groups excluding carboxylic acids is 1. The van der Waals surface area contributed by atoms with Gasteiger partial charge in [-0.25, -0.2) is 5.43 Å². The summed E-state index contributed by atoms with van der Waals surface area (Å²) in [6.07, 6.45) is 2.31. The zero-order valence-corrected chi connectivity index (χ0v) is 15.1. The molecular formula is C20H20N4O3. The molecule has 7 heteroatoms. The number of methoxy groups -OCH3 is 1. The lowest BCUT2D eigenvalue weighted by Gasteiger charge is -2.04. The van der Waals surface area contributed by atoms with Crippen LogP contribution in [0.2, 0.25) is 0 Å². The smallest absolute Gasteiger partial charge is 0.289 e. The van der Waals surface area contributed by atoms with Crippen LogP contribution in [0.25, 0.3) is 11.3 Å². The van der Waals surface area contributed by atoms with Gasteiger partial charge in [-0.1, -0.05) is 37.3 Å². The van der Waals surface area contributed by atoms with Crippen molar-refractivity contribution < 1.29 is 14.6 Å². The van der Waals surface area contributed by atoms with Gasteiger partial charge < -0.3 is 9.84 Å². The fourth-order valence-corrected chi connectivity index (χ4v) is 2.53. The molecule has 1 aromatic heterocycles. The highest BCUT2D eigenvalue weighted by molar-refractivity contribution is 5.94. The molecule has 1 heterocycles.